The molecule has 0 unspecified atom stereocenters. The van der Waals surface area contributed by atoms with Gasteiger partial charge in [-0.05, 0) is 68.6 Å². The molecule has 1 aliphatic carbocycles. The number of aromatic nitrogens is 6. The number of hydrogen-bond donors (Lipinski definition) is 2. The molecule has 3 aromatic heterocycles. The van der Waals surface area contributed by atoms with Crippen molar-refractivity contribution in [2.45, 2.75) is 103 Å². The summed E-state index contributed by atoms with van der Waals surface area (Å²) in [5.74, 6) is 1.02. The number of ether oxygens (including phenoxy) is 1. The van der Waals surface area contributed by atoms with Gasteiger partial charge in [0.05, 0.1) is 24.0 Å². The van der Waals surface area contributed by atoms with Crippen LogP contribution in [0.4, 0.5) is 0 Å². The van der Waals surface area contributed by atoms with Gasteiger partial charge in [-0.2, -0.15) is 10.1 Å². The fourth-order valence-corrected chi connectivity index (χ4v) is 6.72. The average Bonchev–Trinajstić information content (AvgIpc) is 3.71. The van der Waals surface area contributed by atoms with Crippen LogP contribution in [0.15, 0.2) is 62.6 Å². The third-order valence-corrected chi connectivity index (χ3v) is 9.66. The van der Waals surface area contributed by atoms with Gasteiger partial charge in [-0.3, -0.25) is 18.9 Å². The van der Waals surface area contributed by atoms with Crippen LogP contribution < -0.4 is 62.7 Å². The average molecular weight is 681 g/mol. The van der Waals surface area contributed by atoms with Gasteiger partial charge in [0.15, 0.2) is 5.82 Å². The molecule has 0 amide bonds. The van der Waals surface area contributed by atoms with Crippen LogP contribution in [-0.2, 0) is 17.6 Å². The third kappa shape index (κ3) is 7.70. The predicted molar refractivity (Wildman–Crippen MR) is 181 cm³/mol. The van der Waals surface area contributed by atoms with Crippen molar-refractivity contribution in [3.8, 4) is 22.5 Å². The van der Waals surface area contributed by atoms with Crippen LogP contribution in [0.25, 0.3) is 28.3 Å². The van der Waals surface area contributed by atoms with Crippen LogP contribution in [0.5, 0.6) is 0 Å². The van der Waals surface area contributed by atoms with Gasteiger partial charge in [-0.25, -0.2) is 9.31 Å². The summed E-state index contributed by atoms with van der Waals surface area (Å²) in [5, 5.41) is 19.3. The van der Waals surface area contributed by atoms with Gasteiger partial charge in [0.25, 0.3) is 5.56 Å². The van der Waals surface area contributed by atoms with Crippen molar-refractivity contribution < 1.29 is 67.2 Å². The fraction of sp³-hybridized carbons (Fsp3) is 0.472. The van der Waals surface area contributed by atoms with Crippen LogP contribution in [0.3, 0.4) is 0 Å². The number of aryl methyl sites for hydroxylation is 2. The van der Waals surface area contributed by atoms with E-state index in [1.807, 2.05) is 78.4 Å². The summed E-state index contributed by atoms with van der Waals surface area (Å²) in [4.78, 5) is 33.5. The van der Waals surface area contributed by atoms with E-state index in [0.717, 1.165) is 65.6 Å². The van der Waals surface area contributed by atoms with E-state index in [-0.39, 0.29) is 70.5 Å². The molecular formula is C36H45KN6O5. The van der Waals surface area contributed by atoms with Gasteiger partial charge < -0.3 is 11.3 Å². The number of fused-ring (bicyclic) bond motifs is 1. The Hall–Kier alpha value is -2.71. The van der Waals surface area contributed by atoms with Crippen LogP contribution in [0.1, 0.15) is 95.8 Å². The van der Waals surface area contributed by atoms with Crippen molar-refractivity contribution in [3.05, 3.63) is 92.1 Å². The summed E-state index contributed by atoms with van der Waals surface area (Å²) in [6, 6.07) is 15.8. The van der Waals surface area contributed by atoms with E-state index in [0.29, 0.717) is 49.7 Å². The number of benzene rings is 2. The first-order valence-electron chi connectivity index (χ1n) is 16.8. The summed E-state index contributed by atoms with van der Waals surface area (Å²) in [5.41, 5.74) is 4.49. The second-order valence-electron chi connectivity index (χ2n) is 12.8. The maximum atomic E-state index is 14.5. The van der Waals surface area contributed by atoms with Crippen molar-refractivity contribution in [1.29, 1.82) is 0 Å². The molecule has 12 heteroatoms. The molecule has 0 aliphatic heterocycles. The van der Waals surface area contributed by atoms with E-state index in [2.05, 4.69) is 17.1 Å². The van der Waals surface area contributed by atoms with Crippen molar-refractivity contribution in [1.82, 2.24) is 29.3 Å². The number of nitrogens with one attached hydrogen (secondary N) is 1. The minimum absolute atomic E-state index is 0. The zero-order valence-corrected chi connectivity index (χ0v) is 31.8. The molecule has 11 nitrogen and oxygen atoms in total. The van der Waals surface area contributed by atoms with E-state index in [4.69, 9.17) is 19.3 Å². The van der Waals surface area contributed by atoms with Crippen molar-refractivity contribution in [3.63, 3.8) is 0 Å². The Morgan fingerprint density at radius 1 is 1.02 bits per heavy atom. The molecule has 0 radical (unpaired) electrons. The maximum Gasteiger partial charge on any atom is 1.00 e. The monoisotopic (exact) mass is 680 g/mol. The summed E-state index contributed by atoms with van der Waals surface area (Å²) in [7, 11) is 0. The van der Waals surface area contributed by atoms with E-state index < -0.39 is 11.4 Å². The first-order chi connectivity index (χ1) is 22.7. The first-order valence-corrected chi connectivity index (χ1v) is 16.8. The molecule has 0 atom stereocenters. The van der Waals surface area contributed by atoms with Gasteiger partial charge in [0.1, 0.15) is 5.82 Å². The summed E-state index contributed by atoms with van der Waals surface area (Å²) >= 11 is 0. The van der Waals surface area contributed by atoms with E-state index in [1.165, 1.54) is 0 Å². The van der Waals surface area contributed by atoms with E-state index in [9.17, 15) is 14.7 Å². The van der Waals surface area contributed by atoms with Gasteiger partial charge in [-0.1, -0.05) is 80.9 Å². The van der Waals surface area contributed by atoms with Crippen LogP contribution in [0.2, 0.25) is 0 Å². The van der Waals surface area contributed by atoms with Gasteiger partial charge in [0.2, 0.25) is 5.78 Å². The van der Waals surface area contributed by atoms with E-state index >= 15 is 0 Å². The second kappa shape index (κ2) is 15.9. The Bertz CT molecular complexity index is 1960. The maximum absolute atomic E-state index is 14.5. The van der Waals surface area contributed by atoms with Crippen molar-refractivity contribution >= 4 is 5.78 Å². The Labute approximate surface area is 324 Å². The topological polar surface area (TPSA) is 141 Å². The molecule has 1 aliphatic rings. The number of aliphatic hydroxyl groups is 1. The number of hydrogen-bond acceptors (Lipinski definition) is 8. The normalized spacial score (nSPS) is 16.7. The molecule has 250 valence electrons. The molecule has 5 aromatic rings. The number of rotatable bonds is 12. The summed E-state index contributed by atoms with van der Waals surface area (Å²) < 4.78 is 14.7. The minimum Gasteiger partial charge on any atom is -1.00 e. The quantitative estimate of drug-likeness (QED) is 0.192. The molecular weight excluding hydrogens is 636 g/mol. The number of nitrogens with zero attached hydrogens (tertiary/aromatic N) is 5. The zero-order valence-electron chi connectivity index (χ0n) is 29.7. The fourth-order valence-electron chi connectivity index (χ4n) is 6.72. The van der Waals surface area contributed by atoms with E-state index in [1.54, 1.807) is 0 Å². The molecule has 0 bridgehead atoms. The Morgan fingerprint density at radius 2 is 1.71 bits per heavy atom. The Balaban J connectivity index is 0.00000270. The smallest absolute Gasteiger partial charge is 1.00 e. The third-order valence-electron chi connectivity index (χ3n) is 9.66. The second-order valence-corrected chi connectivity index (χ2v) is 12.8. The predicted octanol–water partition coefficient (Wildman–Crippen LogP) is 2.92. The minimum atomic E-state index is -0.790. The molecule has 0 saturated heterocycles. The van der Waals surface area contributed by atoms with Gasteiger partial charge in [-0.15, -0.1) is 0 Å². The summed E-state index contributed by atoms with van der Waals surface area (Å²) in [6.07, 6.45) is 6.65. The zero-order chi connectivity index (χ0) is 33.1. The van der Waals surface area contributed by atoms with Gasteiger partial charge >= 0.3 is 57.1 Å². The number of aromatic amines is 1. The van der Waals surface area contributed by atoms with Gasteiger partial charge in [0, 0.05) is 23.6 Å². The standard InChI is InChI=1S/C36H44N6O5.K.H/c1-5-10-31-30(21-24-13-15-25(16-14-24)28-11-8-9-12-29(28)32-38-35(44)47-40-32)33(43)41(34-37-23(4)39-42(31)34)26-17-19-27(20-18-26)46-22-36(45,6-2)7-3;;/h8-9,11-16,26-27,45H,5-7,10,17-22H2,1-4H3,(H,38,40,44);;/q;+1;-1. The SMILES string of the molecule is CCCc1c(Cc2ccc(-c3ccccc3-c3noc(=O)[nH]3)cc2)c(=O)n(C2CCC(OCC(O)(CC)CC)CC2)c2nc(C)nn12.[H-].[K+]. The largest absolute Gasteiger partial charge is 1.00 e. The summed E-state index contributed by atoms with van der Waals surface area (Å²) in [6.45, 7) is 8.29. The molecule has 1 fully saturated rings. The van der Waals surface area contributed by atoms with Crippen LogP contribution >= 0.6 is 0 Å². The van der Waals surface area contributed by atoms with Crippen molar-refractivity contribution in [2.75, 3.05) is 6.61 Å². The molecule has 2 aromatic carbocycles. The number of H-pyrrole nitrogens is 1. The first kappa shape index (κ1) is 36.6. The molecule has 1 saturated carbocycles. The van der Waals surface area contributed by atoms with Crippen LogP contribution in [-0.4, -0.2) is 52.7 Å². The Morgan fingerprint density at radius 3 is 2.33 bits per heavy atom. The molecule has 6 rings (SSSR count). The molecule has 2 N–H and O–H groups in total. The van der Waals surface area contributed by atoms with Crippen molar-refractivity contribution in [2.24, 2.45) is 0 Å². The molecule has 3 heterocycles. The molecule has 0 spiro atoms. The Kier molecular flexibility index (Phi) is 12.1. The van der Waals surface area contributed by atoms with Crippen LogP contribution in [0, 0.1) is 6.92 Å². The molecule has 48 heavy (non-hydrogen) atoms.